The Labute approximate surface area is 122 Å². The molecule has 0 bridgehead atoms. The van der Waals surface area contributed by atoms with Crippen LogP contribution in [-0.4, -0.2) is 31.4 Å². The number of benzene rings is 2. The third kappa shape index (κ3) is 6.97. The average Bonchev–Trinajstić information content (AvgIpc) is 2.40. The zero-order chi connectivity index (χ0) is 15.2. The Morgan fingerprint density at radius 1 is 0.571 bits per heavy atom. The summed E-state index contributed by atoms with van der Waals surface area (Å²) in [5.41, 5.74) is 0. The van der Waals surface area contributed by atoms with Gasteiger partial charge in [-0.25, -0.2) is 0 Å². The van der Waals surface area contributed by atoms with Crippen molar-refractivity contribution in [1.82, 2.24) is 0 Å². The SMILES string of the molecule is O.O=S(=O)(O)c1ccccc1.O=S(=O)(O)c1ccccc1. The molecular formula is C12H14O7S2. The molecule has 2 aromatic rings. The van der Waals surface area contributed by atoms with Crippen LogP contribution in [0.3, 0.4) is 0 Å². The molecule has 0 unspecified atom stereocenters. The Kier molecular flexibility index (Phi) is 7.19. The normalized spacial score (nSPS) is 10.8. The van der Waals surface area contributed by atoms with E-state index in [9.17, 15) is 16.8 Å². The summed E-state index contributed by atoms with van der Waals surface area (Å²) < 4.78 is 58.5. The minimum Gasteiger partial charge on any atom is -0.412 e. The number of rotatable bonds is 2. The summed E-state index contributed by atoms with van der Waals surface area (Å²) >= 11 is 0. The van der Waals surface area contributed by atoms with Crippen LogP contribution in [0.1, 0.15) is 0 Å². The van der Waals surface area contributed by atoms with Crippen molar-refractivity contribution >= 4 is 20.2 Å². The summed E-state index contributed by atoms with van der Waals surface area (Å²) in [6.07, 6.45) is 0. The molecule has 0 saturated carbocycles. The number of hydrogen-bond donors (Lipinski definition) is 2. The molecule has 0 fully saturated rings. The molecule has 7 nitrogen and oxygen atoms in total. The zero-order valence-corrected chi connectivity index (χ0v) is 12.3. The second kappa shape index (κ2) is 7.86. The van der Waals surface area contributed by atoms with Crippen LogP contribution in [0.5, 0.6) is 0 Å². The van der Waals surface area contributed by atoms with E-state index in [-0.39, 0.29) is 15.3 Å². The predicted molar refractivity (Wildman–Crippen MR) is 76.1 cm³/mol. The van der Waals surface area contributed by atoms with Crippen molar-refractivity contribution in [2.75, 3.05) is 0 Å². The summed E-state index contributed by atoms with van der Waals surface area (Å²) in [6.45, 7) is 0. The highest BCUT2D eigenvalue weighted by Gasteiger charge is 2.06. The van der Waals surface area contributed by atoms with Gasteiger partial charge in [-0.05, 0) is 24.3 Å². The van der Waals surface area contributed by atoms with Crippen LogP contribution in [0.2, 0.25) is 0 Å². The maximum Gasteiger partial charge on any atom is 0.294 e. The third-order valence-corrected chi connectivity index (χ3v) is 3.82. The van der Waals surface area contributed by atoms with Gasteiger partial charge in [-0.1, -0.05) is 36.4 Å². The fourth-order valence-electron chi connectivity index (χ4n) is 1.18. The molecule has 0 aliphatic carbocycles. The minimum atomic E-state index is -4.00. The van der Waals surface area contributed by atoms with Crippen molar-refractivity contribution in [2.24, 2.45) is 0 Å². The van der Waals surface area contributed by atoms with Crippen LogP contribution in [0, 0.1) is 0 Å². The fraction of sp³-hybridized carbons (Fsp3) is 0. The van der Waals surface area contributed by atoms with E-state index in [1.807, 2.05) is 0 Å². The molecule has 0 aromatic heterocycles. The van der Waals surface area contributed by atoms with E-state index in [1.165, 1.54) is 24.3 Å². The standard InChI is InChI=1S/2C6H6O3S.H2O/c2*7-10(8,9)6-4-2-1-3-5-6;/h2*1-5H,(H,7,8,9);1H2. The second-order valence-corrected chi connectivity index (χ2v) is 6.42. The van der Waals surface area contributed by atoms with Crippen LogP contribution >= 0.6 is 0 Å². The maximum absolute atomic E-state index is 10.4. The first-order valence-corrected chi connectivity index (χ1v) is 8.14. The van der Waals surface area contributed by atoms with Gasteiger partial charge in [0.2, 0.25) is 0 Å². The zero-order valence-electron chi connectivity index (χ0n) is 10.6. The molecule has 116 valence electrons. The van der Waals surface area contributed by atoms with Crippen molar-refractivity contribution in [3.8, 4) is 0 Å². The van der Waals surface area contributed by atoms with E-state index in [0.717, 1.165) is 0 Å². The van der Waals surface area contributed by atoms with Gasteiger partial charge in [0.25, 0.3) is 20.2 Å². The first-order chi connectivity index (χ1) is 9.21. The van der Waals surface area contributed by atoms with Crippen molar-refractivity contribution in [1.29, 1.82) is 0 Å². The van der Waals surface area contributed by atoms with Gasteiger partial charge in [0.1, 0.15) is 0 Å². The molecule has 0 aliphatic heterocycles. The summed E-state index contributed by atoms with van der Waals surface area (Å²) in [5.74, 6) is 0. The van der Waals surface area contributed by atoms with E-state index in [2.05, 4.69) is 0 Å². The second-order valence-electron chi connectivity index (χ2n) is 3.58. The summed E-state index contributed by atoms with van der Waals surface area (Å²) in [4.78, 5) is -0.148. The Morgan fingerprint density at radius 2 is 0.810 bits per heavy atom. The van der Waals surface area contributed by atoms with Gasteiger partial charge in [-0.15, -0.1) is 0 Å². The molecule has 0 amide bonds. The van der Waals surface area contributed by atoms with E-state index in [1.54, 1.807) is 36.4 Å². The van der Waals surface area contributed by atoms with E-state index < -0.39 is 20.2 Å². The Balaban J connectivity index is 0.000000364. The molecule has 0 radical (unpaired) electrons. The molecule has 0 saturated heterocycles. The molecular weight excluding hydrogens is 320 g/mol. The summed E-state index contributed by atoms with van der Waals surface area (Å²) in [7, 11) is -8.01. The molecule has 0 spiro atoms. The Hall–Kier alpha value is -1.78. The Morgan fingerprint density at radius 3 is 0.952 bits per heavy atom. The summed E-state index contributed by atoms with van der Waals surface area (Å²) in [5, 5.41) is 0. The largest absolute Gasteiger partial charge is 0.412 e. The Bertz CT molecular complexity index is 671. The predicted octanol–water partition coefficient (Wildman–Crippen LogP) is 1.04. The summed E-state index contributed by atoms with van der Waals surface area (Å²) in [6, 6.07) is 14.8. The highest BCUT2D eigenvalue weighted by Crippen LogP contribution is 2.05. The molecule has 0 atom stereocenters. The molecule has 21 heavy (non-hydrogen) atoms. The van der Waals surface area contributed by atoms with E-state index in [0.29, 0.717) is 0 Å². The van der Waals surface area contributed by atoms with E-state index in [4.69, 9.17) is 9.11 Å². The lowest BCUT2D eigenvalue weighted by molar-refractivity contribution is 0.481. The lowest BCUT2D eigenvalue weighted by atomic mass is 10.4. The lowest BCUT2D eigenvalue weighted by Crippen LogP contribution is -1.96. The van der Waals surface area contributed by atoms with Crippen LogP contribution in [0.25, 0.3) is 0 Å². The highest BCUT2D eigenvalue weighted by atomic mass is 32.2. The van der Waals surface area contributed by atoms with E-state index >= 15 is 0 Å². The quantitative estimate of drug-likeness (QED) is 0.786. The van der Waals surface area contributed by atoms with Gasteiger partial charge in [0.05, 0.1) is 9.79 Å². The lowest BCUT2D eigenvalue weighted by Gasteiger charge is -1.92. The fourth-order valence-corrected chi connectivity index (χ4v) is 2.19. The van der Waals surface area contributed by atoms with Crippen LogP contribution in [0.4, 0.5) is 0 Å². The van der Waals surface area contributed by atoms with Gasteiger partial charge in [0.15, 0.2) is 0 Å². The van der Waals surface area contributed by atoms with Crippen molar-refractivity contribution in [2.45, 2.75) is 9.79 Å². The van der Waals surface area contributed by atoms with Crippen molar-refractivity contribution in [3.05, 3.63) is 60.7 Å². The van der Waals surface area contributed by atoms with Gasteiger partial charge >= 0.3 is 0 Å². The van der Waals surface area contributed by atoms with Crippen LogP contribution < -0.4 is 0 Å². The molecule has 9 heteroatoms. The van der Waals surface area contributed by atoms with Crippen molar-refractivity contribution < 1.29 is 31.4 Å². The molecule has 0 heterocycles. The first kappa shape index (κ1) is 19.2. The van der Waals surface area contributed by atoms with Gasteiger partial charge in [0, 0.05) is 0 Å². The van der Waals surface area contributed by atoms with Crippen molar-refractivity contribution in [3.63, 3.8) is 0 Å². The maximum atomic E-state index is 10.4. The van der Waals surface area contributed by atoms with Crippen LogP contribution in [-0.2, 0) is 20.2 Å². The monoisotopic (exact) mass is 334 g/mol. The topological polar surface area (TPSA) is 140 Å². The average molecular weight is 334 g/mol. The molecule has 0 aliphatic rings. The minimum absolute atomic E-state index is 0. The van der Waals surface area contributed by atoms with Gasteiger partial charge in [-0.2, -0.15) is 16.8 Å². The molecule has 4 N–H and O–H groups in total. The number of hydrogen-bond acceptors (Lipinski definition) is 4. The van der Waals surface area contributed by atoms with Crippen LogP contribution in [0.15, 0.2) is 70.5 Å². The van der Waals surface area contributed by atoms with Gasteiger partial charge < -0.3 is 5.48 Å². The molecule has 2 aromatic carbocycles. The molecule has 2 rings (SSSR count). The smallest absolute Gasteiger partial charge is 0.294 e. The third-order valence-electron chi connectivity index (χ3n) is 2.08. The van der Waals surface area contributed by atoms with Gasteiger partial charge in [-0.3, -0.25) is 9.11 Å². The highest BCUT2D eigenvalue weighted by molar-refractivity contribution is 7.86. The first-order valence-electron chi connectivity index (χ1n) is 5.26.